The molecule has 0 unspecified atom stereocenters. The Balaban J connectivity index is 0.00000162. The molecule has 0 spiro atoms. The Morgan fingerprint density at radius 3 is 2.44 bits per heavy atom. The molecule has 0 fully saturated rings. The lowest BCUT2D eigenvalue weighted by atomic mass is 10.2. The van der Waals surface area contributed by atoms with Gasteiger partial charge in [0.2, 0.25) is 0 Å². The summed E-state index contributed by atoms with van der Waals surface area (Å²) >= 11 is 1.23. The lowest BCUT2D eigenvalue weighted by Crippen LogP contribution is -2.11. The third-order valence-corrected chi connectivity index (χ3v) is 3.06. The van der Waals surface area contributed by atoms with Gasteiger partial charge in [-0.1, -0.05) is 6.07 Å². The van der Waals surface area contributed by atoms with Gasteiger partial charge >= 0.3 is 6.18 Å². The number of aromatic nitrogens is 1. The number of thiazole rings is 1. The molecule has 0 saturated heterocycles. The Bertz CT molecular complexity index is 601. The second kappa shape index (κ2) is 5.16. The van der Waals surface area contributed by atoms with Crippen molar-refractivity contribution < 1.29 is 13.2 Å². The third-order valence-electron chi connectivity index (χ3n) is 2.24. The zero-order valence-electron chi connectivity index (χ0n) is 9.28. The van der Waals surface area contributed by atoms with Gasteiger partial charge in [0, 0.05) is 16.8 Å². The van der Waals surface area contributed by atoms with Crippen molar-refractivity contribution in [3.8, 4) is 5.69 Å². The Hall–Kier alpha value is -1.27. The molecule has 1 heterocycles. The highest BCUT2D eigenvalue weighted by molar-refractivity contribution is 7.09. The van der Waals surface area contributed by atoms with Crippen LogP contribution in [0.1, 0.15) is 10.4 Å². The highest BCUT2D eigenvalue weighted by atomic mass is 35.5. The molecule has 98 valence electrons. The Morgan fingerprint density at radius 1 is 1.28 bits per heavy atom. The molecule has 2 aromatic rings. The smallest absolute Gasteiger partial charge is 0.293 e. The number of hydrogen-bond acceptors (Lipinski definition) is 2. The van der Waals surface area contributed by atoms with Crippen LogP contribution in [0, 0.1) is 12.3 Å². The van der Waals surface area contributed by atoms with Gasteiger partial charge in [0.05, 0.1) is 5.56 Å². The van der Waals surface area contributed by atoms with Crippen LogP contribution in [0.4, 0.5) is 13.2 Å². The predicted octanol–water partition coefficient (Wildman–Crippen LogP) is 3.77. The highest BCUT2D eigenvalue weighted by Gasteiger charge is 2.30. The fourth-order valence-electron chi connectivity index (χ4n) is 1.49. The summed E-state index contributed by atoms with van der Waals surface area (Å²) in [5.74, 6) is 0. The van der Waals surface area contributed by atoms with Gasteiger partial charge in [-0.15, -0.1) is 23.7 Å². The van der Waals surface area contributed by atoms with E-state index in [-0.39, 0.29) is 17.2 Å². The SMILES string of the molecule is Cc1cn(-c2cccc(C(F)(F)F)c2)c(=N)s1.Cl. The zero-order valence-corrected chi connectivity index (χ0v) is 10.9. The fraction of sp³-hybridized carbons (Fsp3) is 0.182. The molecule has 0 aliphatic carbocycles. The molecule has 7 heteroatoms. The van der Waals surface area contributed by atoms with Gasteiger partial charge in [-0.25, -0.2) is 0 Å². The minimum Gasteiger partial charge on any atom is -0.293 e. The first-order valence-electron chi connectivity index (χ1n) is 4.79. The average molecular weight is 295 g/mol. The number of nitrogens with one attached hydrogen (secondary N) is 1. The molecular formula is C11H10ClF3N2S. The lowest BCUT2D eigenvalue weighted by Gasteiger charge is -2.09. The second-order valence-electron chi connectivity index (χ2n) is 3.57. The van der Waals surface area contributed by atoms with Crippen LogP contribution < -0.4 is 4.80 Å². The van der Waals surface area contributed by atoms with Crippen molar-refractivity contribution in [2.24, 2.45) is 0 Å². The molecule has 1 aromatic heterocycles. The van der Waals surface area contributed by atoms with Gasteiger partial charge in [0.15, 0.2) is 4.80 Å². The number of benzene rings is 1. The predicted molar refractivity (Wildman–Crippen MR) is 66.5 cm³/mol. The van der Waals surface area contributed by atoms with E-state index in [1.165, 1.54) is 22.0 Å². The molecule has 1 N–H and O–H groups in total. The first-order chi connectivity index (χ1) is 7.88. The maximum Gasteiger partial charge on any atom is 0.416 e. The van der Waals surface area contributed by atoms with Crippen LogP contribution in [0.2, 0.25) is 0 Å². The quantitative estimate of drug-likeness (QED) is 0.829. The first kappa shape index (κ1) is 14.8. The molecular weight excluding hydrogens is 285 g/mol. The van der Waals surface area contributed by atoms with Gasteiger partial charge in [0.1, 0.15) is 0 Å². The Kier molecular flexibility index (Phi) is 4.24. The standard InChI is InChI=1S/C11H9F3N2S.ClH/c1-7-6-16(10(15)17-7)9-4-2-3-8(5-9)11(12,13)14;/h2-6,15H,1H3;1H. The van der Waals surface area contributed by atoms with Gasteiger partial charge in [-0.2, -0.15) is 13.2 Å². The van der Waals surface area contributed by atoms with E-state index in [9.17, 15) is 13.2 Å². The van der Waals surface area contributed by atoms with Crippen molar-refractivity contribution in [3.63, 3.8) is 0 Å². The number of rotatable bonds is 1. The number of alkyl halides is 3. The molecule has 0 saturated carbocycles. The van der Waals surface area contributed by atoms with Crippen LogP contribution >= 0.6 is 23.7 Å². The van der Waals surface area contributed by atoms with Crippen LogP contribution in [0.25, 0.3) is 5.69 Å². The Morgan fingerprint density at radius 2 is 1.94 bits per heavy atom. The molecule has 1 aromatic carbocycles. The van der Waals surface area contributed by atoms with Gasteiger partial charge < -0.3 is 0 Å². The largest absolute Gasteiger partial charge is 0.416 e. The van der Waals surface area contributed by atoms with E-state index in [0.717, 1.165) is 17.0 Å². The van der Waals surface area contributed by atoms with Gasteiger partial charge in [-0.3, -0.25) is 9.98 Å². The molecule has 0 aliphatic rings. The minimum absolute atomic E-state index is 0. The summed E-state index contributed by atoms with van der Waals surface area (Å²) in [6.07, 6.45) is -2.70. The average Bonchev–Trinajstić information content (AvgIpc) is 2.57. The summed E-state index contributed by atoms with van der Waals surface area (Å²) in [7, 11) is 0. The number of aryl methyl sites for hydroxylation is 1. The molecule has 2 nitrogen and oxygen atoms in total. The summed E-state index contributed by atoms with van der Waals surface area (Å²) in [4.78, 5) is 1.09. The molecule has 2 rings (SSSR count). The molecule has 0 atom stereocenters. The van der Waals surface area contributed by atoms with E-state index < -0.39 is 11.7 Å². The van der Waals surface area contributed by atoms with Crippen LogP contribution in [0.15, 0.2) is 30.5 Å². The van der Waals surface area contributed by atoms with E-state index in [1.54, 1.807) is 12.3 Å². The molecule has 18 heavy (non-hydrogen) atoms. The summed E-state index contributed by atoms with van der Waals surface area (Å²) in [6, 6.07) is 4.97. The number of halogens is 4. The fourth-order valence-corrected chi connectivity index (χ4v) is 2.21. The first-order valence-corrected chi connectivity index (χ1v) is 5.61. The topological polar surface area (TPSA) is 28.8 Å². The zero-order chi connectivity index (χ0) is 12.6. The van der Waals surface area contributed by atoms with E-state index in [2.05, 4.69) is 0 Å². The molecule has 0 bridgehead atoms. The third kappa shape index (κ3) is 2.94. The maximum absolute atomic E-state index is 12.5. The number of nitrogens with zero attached hydrogens (tertiary/aromatic N) is 1. The molecule has 0 amide bonds. The Labute approximate surface area is 112 Å². The molecule has 0 radical (unpaired) electrons. The molecule has 0 aliphatic heterocycles. The van der Waals surface area contributed by atoms with Crippen LogP contribution in [0.5, 0.6) is 0 Å². The van der Waals surface area contributed by atoms with Gasteiger partial charge in [-0.05, 0) is 25.1 Å². The van der Waals surface area contributed by atoms with Crippen molar-refractivity contribution >= 4 is 23.7 Å². The van der Waals surface area contributed by atoms with Crippen LogP contribution in [0.3, 0.4) is 0 Å². The lowest BCUT2D eigenvalue weighted by molar-refractivity contribution is -0.137. The highest BCUT2D eigenvalue weighted by Crippen LogP contribution is 2.30. The van der Waals surface area contributed by atoms with E-state index in [0.29, 0.717) is 5.69 Å². The van der Waals surface area contributed by atoms with Crippen molar-refractivity contribution in [3.05, 3.63) is 45.7 Å². The van der Waals surface area contributed by atoms with Gasteiger partial charge in [0.25, 0.3) is 0 Å². The van der Waals surface area contributed by atoms with E-state index in [4.69, 9.17) is 5.41 Å². The summed E-state index contributed by atoms with van der Waals surface area (Å²) in [5, 5.41) is 7.66. The van der Waals surface area contributed by atoms with Crippen LogP contribution in [-0.4, -0.2) is 4.57 Å². The van der Waals surface area contributed by atoms with E-state index in [1.807, 2.05) is 6.92 Å². The summed E-state index contributed by atoms with van der Waals surface area (Å²) in [5.41, 5.74) is -0.347. The van der Waals surface area contributed by atoms with Crippen molar-refractivity contribution in [2.45, 2.75) is 13.1 Å². The van der Waals surface area contributed by atoms with Crippen LogP contribution in [-0.2, 0) is 6.18 Å². The summed E-state index contributed by atoms with van der Waals surface area (Å²) in [6.45, 7) is 1.81. The van der Waals surface area contributed by atoms with Crippen molar-refractivity contribution in [1.29, 1.82) is 5.41 Å². The maximum atomic E-state index is 12.5. The van der Waals surface area contributed by atoms with Crippen molar-refractivity contribution in [2.75, 3.05) is 0 Å². The normalized spacial score (nSPS) is 11.1. The van der Waals surface area contributed by atoms with Crippen molar-refractivity contribution in [1.82, 2.24) is 4.57 Å². The number of hydrogen-bond donors (Lipinski definition) is 1. The minimum atomic E-state index is -4.36. The van der Waals surface area contributed by atoms with E-state index >= 15 is 0 Å². The second-order valence-corrected chi connectivity index (χ2v) is 4.80. The monoisotopic (exact) mass is 294 g/mol. The summed E-state index contributed by atoms with van der Waals surface area (Å²) < 4.78 is 39.0.